The van der Waals surface area contributed by atoms with Crippen LogP contribution in [0.5, 0.6) is 0 Å². The molecule has 0 fully saturated rings. The van der Waals surface area contributed by atoms with Crippen molar-refractivity contribution in [2.24, 2.45) is 5.73 Å². The zero-order valence-electron chi connectivity index (χ0n) is 11.0. The predicted octanol–water partition coefficient (Wildman–Crippen LogP) is -2.85. The largest absolute Gasteiger partial charge is 1.00 e. The zero-order chi connectivity index (χ0) is 13.5. The molecule has 0 spiro atoms. The van der Waals surface area contributed by atoms with Crippen molar-refractivity contribution in [1.82, 2.24) is 0 Å². The van der Waals surface area contributed by atoms with Crippen LogP contribution in [-0.2, 0) is 14.3 Å². The Morgan fingerprint density at radius 1 is 1.42 bits per heavy atom. The first-order valence-electron chi connectivity index (χ1n) is 5.30. The van der Waals surface area contributed by atoms with Gasteiger partial charge in [-0.3, -0.25) is 14.1 Å². The van der Waals surface area contributed by atoms with E-state index in [1.54, 1.807) is 14.1 Å². The lowest BCUT2D eigenvalue weighted by molar-refractivity contribution is -0.902. The summed E-state index contributed by atoms with van der Waals surface area (Å²) in [4.78, 5) is 21.5. The summed E-state index contributed by atoms with van der Waals surface area (Å²) in [7, 11) is 3.33. The van der Waals surface area contributed by atoms with Gasteiger partial charge in [0.05, 0.1) is 14.1 Å². The molecule has 116 valence electrons. The van der Waals surface area contributed by atoms with Gasteiger partial charge in [-0.1, -0.05) is 0 Å². The van der Waals surface area contributed by atoms with Gasteiger partial charge in [0.15, 0.2) is 0 Å². The maximum absolute atomic E-state index is 12.4. The average Bonchev–Trinajstić information content (AvgIpc) is 2.25. The summed E-state index contributed by atoms with van der Waals surface area (Å²) in [6.45, 7) is -0.146. The Morgan fingerprint density at radius 3 is 2.37 bits per heavy atom. The first-order chi connectivity index (χ1) is 7.78. The van der Waals surface area contributed by atoms with E-state index in [1.807, 2.05) is 0 Å². The normalized spacial score (nSPS) is 11.8. The fourth-order valence-corrected chi connectivity index (χ4v) is 0.957. The molecule has 0 unspecified atom stereocenters. The van der Waals surface area contributed by atoms with E-state index in [-0.39, 0.29) is 48.7 Å². The molecule has 0 aliphatic heterocycles. The number of esters is 1. The van der Waals surface area contributed by atoms with Crippen molar-refractivity contribution in [3.63, 3.8) is 0 Å². The molecule has 0 heterocycles. The zero-order valence-corrected chi connectivity index (χ0v) is 12.5. The van der Waals surface area contributed by atoms with Gasteiger partial charge in [0.25, 0.3) is 0 Å². The summed E-state index contributed by atoms with van der Waals surface area (Å²) < 4.78 is 17.3. The molecular formula is C10H21Cl2FN2O4. The Bertz CT molecular complexity index is 280. The number of quaternary nitrogens is 1. The maximum Gasteiger partial charge on any atom is 0.323 e. The molecule has 1 atom stereocenters. The molecule has 0 radical (unpaired) electrons. The molecule has 0 saturated heterocycles. The Kier molecular flexibility index (Phi) is 13.9. The number of carbonyl (C=O) groups is 2. The molecule has 3 N–H and O–H groups in total. The first-order valence-corrected chi connectivity index (χ1v) is 5.30. The Hall–Kier alpha value is -0.630. The summed E-state index contributed by atoms with van der Waals surface area (Å²) in [5, 5.41) is 8.41. The van der Waals surface area contributed by atoms with E-state index in [2.05, 4.69) is 0 Å². The minimum absolute atomic E-state index is 0. The van der Waals surface area contributed by atoms with Crippen LogP contribution in [0.1, 0.15) is 12.8 Å². The number of halogens is 3. The number of hydrogen-bond donors (Lipinski definition) is 2. The smallest absolute Gasteiger partial charge is 0.323 e. The highest BCUT2D eigenvalue weighted by Gasteiger charge is 2.19. The van der Waals surface area contributed by atoms with Crippen LogP contribution in [0.3, 0.4) is 0 Å². The van der Waals surface area contributed by atoms with Crippen LogP contribution in [-0.4, -0.2) is 61.6 Å². The number of ether oxygens (including phenoxy) is 1. The first kappa shape index (κ1) is 23.5. The predicted molar refractivity (Wildman–Crippen MR) is 66.0 cm³/mol. The number of carbonyl (C=O) groups excluding carboxylic acids is 1. The number of nitrogens with two attached hydrogens (primary N) is 1. The monoisotopic (exact) mass is 322 g/mol. The standard InChI is InChI=1S/C10H19FN2O4.2ClH/c1-13(2,7-11)5-6-17-10(16)8(12)3-4-9(14)15;;/h8H,3-7,12H2,1-2H3;2*1H/t8-;;/m0../s1. The number of aliphatic carboxylic acids is 1. The van der Waals surface area contributed by atoms with Crippen molar-refractivity contribution < 1.29 is 40.7 Å². The number of carboxylic acid groups (broad SMARTS) is 1. The van der Waals surface area contributed by atoms with Crippen LogP contribution in [0.4, 0.5) is 4.39 Å². The van der Waals surface area contributed by atoms with Gasteiger partial charge in [-0.05, 0) is 6.42 Å². The molecule has 0 amide bonds. The van der Waals surface area contributed by atoms with Crippen LogP contribution in [0, 0.1) is 0 Å². The minimum atomic E-state index is -1.01. The third-order valence-electron chi connectivity index (χ3n) is 2.24. The van der Waals surface area contributed by atoms with Crippen LogP contribution in [0.15, 0.2) is 0 Å². The fraction of sp³-hybridized carbons (Fsp3) is 0.800. The topological polar surface area (TPSA) is 89.6 Å². The fourth-order valence-electron chi connectivity index (χ4n) is 0.957. The third-order valence-corrected chi connectivity index (χ3v) is 2.24. The molecule has 0 aliphatic rings. The van der Waals surface area contributed by atoms with Gasteiger partial charge in [0.2, 0.25) is 6.80 Å². The summed E-state index contributed by atoms with van der Waals surface area (Å²) in [5.74, 6) is -1.66. The number of carboxylic acids is 1. The van der Waals surface area contributed by atoms with E-state index >= 15 is 0 Å². The SMILES string of the molecule is C[N+](C)(CF)CCOC(=O)[C@@H](N)CCC(=O)O.Cl.[Cl-]. The van der Waals surface area contributed by atoms with E-state index < -0.39 is 24.8 Å². The number of hydrogen-bond acceptors (Lipinski definition) is 4. The van der Waals surface area contributed by atoms with Crippen molar-refractivity contribution in [3.8, 4) is 0 Å². The van der Waals surface area contributed by atoms with Crippen molar-refractivity contribution in [2.75, 3.05) is 34.0 Å². The van der Waals surface area contributed by atoms with Crippen molar-refractivity contribution in [2.45, 2.75) is 18.9 Å². The maximum atomic E-state index is 12.4. The Morgan fingerprint density at radius 2 is 1.95 bits per heavy atom. The highest BCUT2D eigenvalue weighted by Crippen LogP contribution is 2.00. The number of rotatable bonds is 8. The van der Waals surface area contributed by atoms with E-state index in [0.29, 0.717) is 6.54 Å². The van der Waals surface area contributed by atoms with Crippen molar-refractivity contribution in [1.29, 1.82) is 0 Å². The molecular weight excluding hydrogens is 302 g/mol. The second kappa shape index (κ2) is 11.2. The lowest BCUT2D eigenvalue weighted by Gasteiger charge is -2.25. The van der Waals surface area contributed by atoms with E-state index in [9.17, 15) is 14.0 Å². The lowest BCUT2D eigenvalue weighted by Crippen LogP contribution is -3.00. The lowest BCUT2D eigenvalue weighted by atomic mass is 10.2. The third kappa shape index (κ3) is 12.2. The van der Waals surface area contributed by atoms with Gasteiger partial charge >= 0.3 is 11.9 Å². The number of likely N-dealkylation sites (N-methyl/N-ethyl adjacent to an activating group) is 1. The molecule has 0 saturated carbocycles. The highest BCUT2D eigenvalue weighted by molar-refractivity contribution is 5.85. The van der Waals surface area contributed by atoms with Gasteiger partial charge in [-0.25, -0.2) is 0 Å². The van der Waals surface area contributed by atoms with Gasteiger partial charge in [0.1, 0.15) is 19.2 Å². The number of alkyl halides is 1. The molecule has 9 heteroatoms. The van der Waals surface area contributed by atoms with Gasteiger partial charge in [-0.2, -0.15) is 4.39 Å². The molecule has 0 rings (SSSR count). The molecule has 0 bridgehead atoms. The van der Waals surface area contributed by atoms with Gasteiger partial charge < -0.3 is 28.0 Å². The molecule has 0 aromatic heterocycles. The summed E-state index contributed by atoms with van der Waals surface area (Å²) >= 11 is 0. The minimum Gasteiger partial charge on any atom is -1.00 e. The van der Waals surface area contributed by atoms with Crippen LogP contribution in [0.2, 0.25) is 0 Å². The Labute approximate surface area is 124 Å². The quantitative estimate of drug-likeness (QED) is 0.285. The van der Waals surface area contributed by atoms with Crippen molar-refractivity contribution >= 4 is 24.3 Å². The molecule has 0 aromatic carbocycles. The van der Waals surface area contributed by atoms with E-state index in [0.717, 1.165) is 0 Å². The summed E-state index contributed by atoms with van der Waals surface area (Å²) in [6.07, 6.45) is -0.141. The second-order valence-corrected chi connectivity index (χ2v) is 4.49. The van der Waals surface area contributed by atoms with Gasteiger partial charge in [-0.15, -0.1) is 12.4 Å². The molecule has 0 aliphatic carbocycles. The highest BCUT2D eigenvalue weighted by atomic mass is 35.5. The number of nitrogens with zero attached hydrogens (tertiary/aromatic N) is 1. The van der Waals surface area contributed by atoms with Crippen LogP contribution in [0.25, 0.3) is 0 Å². The van der Waals surface area contributed by atoms with Crippen LogP contribution >= 0.6 is 12.4 Å². The molecule has 19 heavy (non-hydrogen) atoms. The van der Waals surface area contributed by atoms with E-state index in [1.165, 1.54) is 0 Å². The Balaban J connectivity index is -0.00000128. The molecule has 0 aromatic rings. The summed E-state index contributed by atoms with van der Waals surface area (Å²) in [5.41, 5.74) is 5.43. The van der Waals surface area contributed by atoms with Gasteiger partial charge in [0, 0.05) is 6.42 Å². The average molecular weight is 323 g/mol. The van der Waals surface area contributed by atoms with Crippen molar-refractivity contribution in [3.05, 3.63) is 0 Å². The van der Waals surface area contributed by atoms with Crippen LogP contribution < -0.4 is 18.1 Å². The summed E-state index contributed by atoms with van der Waals surface area (Å²) in [6, 6.07) is -0.938. The second-order valence-electron chi connectivity index (χ2n) is 4.49. The molecule has 6 nitrogen and oxygen atoms in total. The van der Waals surface area contributed by atoms with E-state index in [4.69, 9.17) is 15.6 Å².